The molecule has 0 bridgehead atoms. The Morgan fingerprint density at radius 1 is 1.24 bits per heavy atom. The number of anilines is 1. The first-order valence-electron chi connectivity index (χ1n) is 5.10. The van der Waals surface area contributed by atoms with Gasteiger partial charge in [-0.3, -0.25) is 13.9 Å². The lowest BCUT2D eigenvalue weighted by Gasteiger charge is -2.05. The highest BCUT2D eigenvalue weighted by molar-refractivity contribution is 5.73. The molecular weight excluding hydrogens is 224 g/mol. The van der Waals surface area contributed by atoms with Crippen LogP contribution in [0.15, 0.2) is 9.59 Å². The zero-order valence-electron chi connectivity index (χ0n) is 9.67. The first-order valence-corrected chi connectivity index (χ1v) is 5.10. The van der Waals surface area contributed by atoms with Crippen LogP contribution in [0.2, 0.25) is 0 Å². The van der Waals surface area contributed by atoms with E-state index in [1.807, 2.05) is 0 Å². The second-order valence-corrected chi connectivity index (χ2v) is 3.79. The summed E-state index contributed by atoms with van der Waals surface area (Å²) in [5, 5.41) is 0. The fraction of sp³-hybridized carbons (Fsp3) is 0.444. The number of fused-ring (bicyclic) bond motifs is 1. The first kappa shape index (κ1) is 11.4. The van der Waals surface area contributed by atoms with Gasteiger partial charge in [-0.1, -0.05) is 0 Å². The lowest BCUT2D eigenvalue weighted by Crippen LogP contribution is -2.37. The van der Waals surface area contributed by atoms with Gasteiger partial charge in [0.25, 0.3) is 5.56 Å². The fourth-order valence-electron chi connectivity index (χ4n) is 1.82. The maximum atomic E-state index is 12.0. The van der Waals surface area contributed by atoms with Crippen LogP contribution in [0.5, 0.6) is 0 Å². The Kier molecular flexibility index (Phi) is 2.50. The van der Waals surface area contributed by atoms with Gasteiger partial charge in [0.2, 0.25) is 5.95 Å². The fourth-order valence-corrected chi connectivity index (χ4v) is 1.82. The molecule has 17 heavy (non-hydrogen) atoms. The van der Waals surface area contributed by atoms with Crippen molar-refractivity contribution in [3.05, 3.63) is 20.8 Å². The summed E-state index contributed by atoms with van der Waals surface area (Å²) in [4.78, 5) is 27.7. The van der Waals surface area contributed by atoms with Gasteiger partial charge in [-0.05, 0) is 0 Å². The Balaban J connectivity index is 3.02. The Morgan fingerprint density at radius 2 is 1.88 bits per heavy atom. The Morgan fingerprint density at radius 3 is 2.47 bits per heavy atom. The Bertz CT molecular complexity index is 692. The number of hydrogen-bond acceptors (Lipinski definition) is 5. The van der Waals surface area contributed by atoms with Crippen LogP contribution in [0.1, 0.15) is 0 Å². The summed E-state index contributed by atoms with van der Waals surface area (Å²) < 4.78 is 3.84. The van der Waals surface area contributed by atoms with Crippen molar-refractivity contribution in [2.24, 2.45) is 19.8 Å². The minimum atomic E-state index is -0.431. The highest BCUT2D eigenvalue weighted by Crippen LogP contribution is 2.11. The van der Waals surface area contributed by atoms with Crippen LogP contribution in [0.3, 0.4) is 0 Å². The van der Waals surface area contributed by atoms with E-state index < -0.39 is 11.2 Å². The number of aryl methyl sites for hydroxylation is 1. The normalized spacial score (nSPS) is 11.2. The molecule has 8 heteroatoms. The highest BCUT2D eigenvalue weighted by Gasteiger charge is 2.16. The Hall–Kier alpha value is -2.09. The van der Waals surface area contributed by atoms with Crippen LogP contribution in [0.25, 0.3) is 11.2 Å². The SMILES string of the molecule is Cn1c(=O)c2c(nc(N)n2CCN)n(C)c1=O. The summed E-state index contributed by atoms with van der Waals surface area (Å²) >= 11 is 0. The third-order valence-electron chi connectivity index (χ3n) is 2.73. The van der Waals surface area contributed by atoms with Crippen molar-refractivity contribution in [3.8, 4) is 0 Å². The summed E-state index contributed by atoms with van der Waals surface area (Å²) in [6.07, 6.45) is 0. The molecular formula is C9H14N6O2. The molecule has 0 radical (unpaired) electrons. The van der Waals surface area contributed by atoms with Crippen LogP contribution in [-0.4, -0.2) is 25.2 Å². The maximum absolute atomic E-state index is 12.0. The molecule has 0 atom stereocenters. The largest absolute Gasteiger partial charge is 0.369 e. The monoisotopic (exact) mass is 238 g/mol. The Labute approximate surface area is 96.1 Å². The molecule has 0 fully saturated rings. The highest BCUT2D eigenvalue weighted by atomic mass is 16.2. The average molecular weight is 238 g/mol. The summed E-state index contributed by atoms with van der Waals surface area (Å²) in [7, 11) is 2.96. The molecule has 0 amide bonds. The molecule has 0 aromatic carbocycles. The van der Waals surface area contributed by atoms with Gasteiger partial charge in [0, 0.05) is 27.2 Å². The molecule has 2 heterocycles. The molecule has 0 saturated heterocycles. The number of hydrogen-bond donors (Lipinski definition) is 2. The van der Waals surface area contributed by atoms with Crippen LogP contribution in [0.4, 0.5) is 5.95 Å². The van der Waals surface area contributed by atoms with Gasteiger partial charge >= 0.3 is 5.69 Å². The van der Waals surface area contributed by atoms with E-state index in [1.54, 1.807) is 7.05 Å². The predicted octanol–water partition coefficient (Wildman–Crippen LogP) is -2.03. The lowest BCUT2D eigenvalue weighted by atomic mass is 10.5. The molecule has 2 aromatic heterocycles. The number of nitrogen functional groups attached to an aromatic ring is 1. The van der Waals surface area contributed by atoms with Crippen LogP contribution in [-0.2, 0) is 20.6 Å². The van der Waals surface area contributed by atoms with Crippen LogP contribution < -0.4 is 22.7 Å². The second kappa shape index (κ2) is 3.74. The number of nitrogens with two attached hydrogens (primary N) is 2. The summed E-state index contributed by atoms with van der Waals surface area (Å²) in [5.74, 6) is 0.184. The standard InChI is InChI=1S/C9H14N6O2/c1-13-6-5(7(16)14(2)9(13)17)15(4-3-10)8(11)12-6/h3-4,10H2,1-2H3,(H2,11,12). The summed E-state index contributed by atoms with van der Waals surface area (Å²) in [6, 6.07) is 0. The van der Waals surface area contributed by atoms with Gasteiger partial charge in [-0.25, -0.2) is 4.79 Å². The van der Waals surface area contributed by atoms with E-state index in [4.69, 9.17) is 11.5 Å². The van der Waals surface area contributed by atoms with E-state index in [-0.39, 0.29) is 11.6 Å². The van der Waals surface area contributed by atoms with Crippen molar-refractivity contribution < 1.29 is 0 Å². The van der Waals surface area contributed by atoms with Crippen LogP contribution in [0, 0.1) is 0 Å². The maximum Gasteiger partial charge on any atom is 0.332 e. The molecule has 0 aliphatic carbocycles. The molecule has 2 aromatic rings. The smallest absolute Gasteiger partial charge is 0.332 e. The molecule has 0 aliphatic heterocycles. The minimum Gasteiger partial charge on any atom is -0.369 e. The number of rotatable bonds is 2. The van der Waals surface area contributed by atoms with Gasteiger partial charge < -0.3 is 16.0 Å². The molecule has 92 valence electrons. The second-order valence-electron chi connectivity index (χ2n) is 3.79. The van der Waals surface area contributed by atoms with E-state index in [9.17, 15) is 9.59 Å². The lowest BCUT2D eigenvalue weighted by molar-refractivity contribution is 0.692. The van der Waals surface area contributed by atoms with E-state index >= 15 is 0 Å². The zero-order valence-corrected chi connectivity index (χ0v) is 9.67. The van der Waals surface area contributed by atoms with E-state index in [1.165, 1.54) is 16.2 Å². The molecule has 0 aliphatic rings. The van der Waals surface area contributed by atoms with Gasteiger partial charge in [-0.2, -0.15) is 4.98 Å². The number of imidazole rings is 1. The molecule has 2 rings (SSSR count). The first-order chi connectivity index (χ1) is 7.99. The van der Waals surface area contributed by atoms with Gasteiger partial charge in [0.15, 0.2) is 11.2 Å². The molecule has 4 N–H and O–H groups in total. The van der Waals surface area contributed by atoms with E-state index in [0.29, 0.717) is 18.6 Å². The number of nitrogens with zero attached hydrogens (tertiary/aromatic N) is 4. The van der Waals surface area contributed by atoms with Gasteiger partial charge in [0.1, 0.15) is 0 Å². The van der Waals surface area contributed by atoms with E-state index in [0.717, 1.165) is 4.57 Å². The van der Waals surface area contributed by atoms with Crippen molar-refractivity contribution in [1.82, 2.24) is 18.7 Å². The zero-order chi connectivity index (χ0) is 12.7. The van der Waals surface area contributed by atoms with Crippen LogP contribution >= 0.6 is 0 Å². The van der Waals surface area contributed by atoms with Crippen molar-refractivity contribution in [2.75, 3.05) is 12.3 Å². The minimum absolute atomic E-state index is 0.184. The molecule has 0 unspecified atom stereocenters. The van der Waals surface area contributed by atoms with Crippen molar-refractivity contribution in [3.63, 3.8) is 0 Å². The molecule has 0 saturated carbocycles. The predicted molar refractivity (Wildman–Crippen MR) is 63.7 cm³/mol. The van der Waals surface area contributed by atoms with Crippen molar-refractivity contribution in [2.45, 2.75) is 6.54 Å². The third kappa shape index (κ3) is 1.45. The molecule has 0 spiro atoms. The van der Waals surface area contributed by atoms with Gasteiger partial charge in [0.05, 0.1) is 0 Å². The van der Waals surface area contributed by atoms with Crippen molar-refractivity contribution in [1.29, 1.82) is 0 Å². The summed E-state index contributed by atoms with van der Waals surface area (Å²) in [5.41, 5.74) is 10.9. The third-order valence-corrected chi connectivity index (χ3v) is 2.73. The molecule has 8 nitrogen and oxygen atoms in total. The van der Waals surface area contributed by atoms with Gasteiger partial charge in [-0.15, -0.1) is 0 Å². The average Bonchev–Trinajstić information content (AvgIpc) is 2.62. The van der Waals surface area contributed by atoms with Crippen molar-refractivity contribution >= 4 is 17.1 Å². The quantitative estimate of drug-likeness (QED) is 0.626. The van der Waals surface area contributed by atoms with E-state index in [2.05, 4.69) is 4.98 Å². The topological polar surface area (TPSA) is 114 Å². The number of aromatic nitrogens is 4. The summed E-state index contributed by atoms with van der Waals surface area (Å²) in [6.45, 7) is 0.720.